The average molecular weight is 274 g/mol. The molecule has 0 amide bonds. The van der Waals surface area contributed by atoms with Gasteiger partial charge < -0.3 is 10.1 Å². The van der Waals surface area contributed by atoms with Crippen LogP contribution in [0.3, 0.4) is 0 Å². The Morgan fingerprint density at radius 2 is 2.11 bits per heavy atom. The molecule has 1 aromatic rings. The Kier molecular flexibility index (Phi) is 5.57. The largest absolute Gasteiger partial charge is 0.377 e. The molecule has 18 heavy (non-hydrogen) atoms. The molecule has 1 N–H and O–H groups in total. The third-order valence-electron chi connectivity index (χ3n) is 3.25. The molecule has 0 aromatic heterocycles. The molecule has 0 heterocycles. The van der Waals surface area contributed by atoms with Crippen LogP contribution in [0.5, 0.6) is 0 Å². The minimum absolute atomic E-state index is 0.121. The van der Waals surface area contributed by atoms with E-state index in [0.29, 0.717) is 11.4 Å². The molecule has 0 aliphatic carbocycles. The Morgan fingerprint density at radius 3 is 2.61 bits per heavy atom. The first-order valence-electron chi connectivity index (χ1n) is 6.13. The highest BCUT2D eigenvalue weighted by atomic mass is 35.5. The zero-order valence-corrected chi connectivity index (χ0v) is 12.1. The average Bonchev–Trinajstić information content (AvgIpc) is 2.31. The molecule has 0 radical (unpaired) electrons. The van der Waals surface area contributed by atoms with Crippen molar-refractivity contribution in [3.8, 4) is 0 Å². The fourth-order valence-corrected chi connectivity index (χ4v) is 2.10. The van der Waals surface area contributed by atoms with Crippen molar-refractivity contribution in [2.24, 2.45) is 0 Å². The zero-order valence-electron chi connectivity index (χ0n) is 11.4. The number of benzene rings is 1. The summed E-state index contributed by atoms with van der Waals surface area (Å²) in [6.45, 7) is 6.94. The van der Waals surface area contributed by atoms with Crippen molar-refractivity contribution >= 4 is 11.6 Å². The van der Waals surface area contributed by atoms with E-state index in [1.165, 1.54) is 12.1 Å². The number of ether oxygens (including phenoxy) is 1. The summed E-state index contributed by atoms with van der Waals surface area (Å²) in [5.74, 6) is -0.310. The van der Waals surface area contributed by atoms with Crippen LogP contribution in [0, 0.1) is 5.82 Å². The number of nitrogens with one attached hydrogen (secondary N) is 1. The van der Waals surface area contributed by atoms with Gasteiger partial charge in [0.15, 0.2) is 0 Å². The topological polar surface area (TPSA) is 21.3 Å². The summed E-state index contributed by atoms with van der Waals surface area (Å²) < 4.78 is 18.5. The van der Waals surface area contributed by atoms with Crippen LogP contribution in [0.4, 0.5) is 4.39 Å². The van der Waals surface area contributed by atoms with Gasteiger partial charge in [0.05, 0.1) is 5.60 Å². The molecule has 0 aliphatic heterocycles. The lowest BCUT2D eigenvalue weighted by Crippen LogP contribution is -2.49. The second kappa shape index (κ2) is 6.50. The van der Waals surface area contributed by atoms with Gasteiger partial charge in [-0.25, -0.2) is 4.39 Å². The number of likely N-dealkylation sites (N-methyl/N-ethyl adjacent to an activating group) is 1. The Bertz CT molecular complexity index is 395. The Hall–Kier alpha value is -0.640. The first kappa shape index (κ1) is 15.4. The van der Waals surface area contributed by atoms with Gasteiger partial charge in [0.2, 0.25) is 0 Å². The van der Waals surface area contributed by atoms with Crippen molar-refractivity contribution in [3.05, 3.63) is 34.6 Å². The molecule has 1 rings (SSSR count). The summed E-state index contributed by atoms with van der Waals surface area (Å²) in [4.78, 5) is 0. The maximum atomic E-state index is 13.0. The van der Waals surface area contributed by atoms with E-state index in [1.54, 1.807) is 13.2 Å². The van der Waals surface area contributed by atoms with E-state index < -0.39 is 0 Å². The molecule has 4 heteroatoms. The van der Waals surface area contributed by atoms with Crippen molar-refractivity contribution < 1.29 is 9.13 Å². The van der Waals surface area contributed by atoms with Crippen LogP contribution < -0.4 is 5.32 Å². The predicted octanol–water partition coefficient (Wildman–Crippen LogP) is 3.42. The van der Waals surface area contributed by atoms with Gasteiger partial charge in [-0.3, -0.25) is 0 Å². The van der Waals surface area contributed by atoms with Crippen LogP contribution in [0.1, 0.15) is 26.3 Å². The van der Waals surface area contributed by atoms with Gasteiger partial charge in [-0.1, -0.05) is 24.6 Å². The minimum atomic E-state index is -0.312. The highest BCUT2D eigenvalue weighted by Crippen LogP contribution is 2.23. The molecule has 102 valence electrons. The maximum Gasteiger partial charge on any atom is 0.124 e. The first-order chi connectivity index (χ1) is 8.40. The SMILES string of the molecule is CCNC(Cc1ccc(F)cc1Cl)C(C)(C)OC. The van der Waals surface area contributed by atoms with Crippen LogP contribution in [-0.2, 0) is 11.2 Å². The summed E-state index contributed by atoms with van der Waals surface area (Å²) in [6.07, 6.45) is 0.702. The van der Waals surface area contributed by atoms with E-state index in [9.17, 15) is 4.39 Å². The number of rotatable bonds is 6. The van der Waals surface area contributed by atoms with E-state index in [-0.39, 0.29) is 17.5 Å². The highest BCUT2D eigenvalue weighted by molar-refractivity contribution is 6.31. The van der Waals surface area contributed by atoms with Crippen molar-refractivity contribution in [1.82, 2.24) is 5.32 Å². The van der Waals surface area contributed by atoms with Crippen LogP contribution >= 0.6 is 11.6 Å². The summed E-state index contributed by atoms with van der Waals surface area (Å²) in [7, 11) is 1.69. The second-order valence-electron chi connectivity index (χ2n) is 4.86. The van der Waals surface area contributed by atoms with Gasteiger partial charge >= 0.3 is 0 Å². The van der Waals surface area contributed by atoms with Crippen LogP contribution in [0.15, 0.2) is 18.2 Å². The Balaban J connectivity index is 2.89. The van der Waals surface area contributed by atoms with Crippen LogP contribution in [-0.4, -0.2) is 25.3 Å². The molecule has 0 fully saturated rings. The van der Waals surface area contributed by atoms with Crippen molar-refractivity contribution in [1.29, 1.82) is 0 Å². The van der Waals surface area contributed by atoms with E-state index in [0.717, 1.165) is 12.1 Å². The third-order valence-corrected chi connectivity index (χ3v) is 3.61. The maximum absolute atomic E-state index is 13.0. The van der Waals surface area contributed by atoms with E-state index in [1.807, 2.05) is 20.8 Å². The van der Waals surface area contributed by atoms with Crippen molar-refractivity contribution in [3.63, 3.8) is 0 Å². The van der Waals surface area contributed by atoms with Crippen LogP contribution in [0.25, 0.3) is 0 Å². The van der Waals surface area contributed by atoms with Gasteiger partial charge in [0.1, 0.15) is 5.82 Å². The van der Waals surface area contributed by atoms with Gasteiger partial charge in [-0.05, 0) is 44.5 Å². The summed E-state index contributed by atoms with van der Waals surface area (Å²) >= 11 is 6.06. The van der Waals surface area contributed by atoms with Crippen molar-refractivity contribution in [2.45, 2.75) is 38.8 Å². The normalized spacial score (nSPS) is 13.7. The van der Waals surface area contributed by atoms with Crippen molar-refractivity contribution in [2.75, 3.05) is 13.7 Å². The molecule has 0 bridgehead atoms. The fourth-order valence-electron chi connectivity index (χ4n) is 1.86. The number of hydrogen-bond acceptors (Lipinski definition) is 2. The number of halogens is 2. The second-order valence-corrected chi connectivity index (χ2v) is 5.26. The smallest absolute Gasteiger partial charge is 0.124 e. The Morgan fingerprint density at radius 1 is 1.44 bits per heavy atom. The predicted molar refractivity (Wildman–Crippen MR) is 73.7 cm³/mol. The quantitative estimate of drug-likeness (QED) is 0.857. The lowest BCUT2D eigenvalue weighted by atomic mass is 9.92. The highest BCUT2D eigenvalue weighted by Gasteiger charge is 2.29. The Labute approximate surface area is 113 Å². The molecule has 0 saturated heterocycles. The summed E-state index contributed by atoms with van der Waals surface area (Å²) in [5, 5.41) is 3.85. The molecule has 2 nitrogen and oxygen atoms in total. The lowest BCUT2D eigenvalue weighted by Gasteiger charge is -2.34. The van der Waals surface area contributed by atoms with Gasteiger partial charge in [0.25, 0.3) is 0 Å². The molecule has 0 saturated carbocycles. The molecule has 1 unspecified atom stereocenters. The minimum Gasteiger partial charge on any atom is -0.377 e. The first-order valence-corrected chi connectivity index (χ1v) is 6.51. The lowest BCUT2D eigenvalue weighted by molar-refractivity contribution is -0.00959. The standard InChI is InChI=1S/C14H21ClFNO/c1-5-17-13(14(2,3)18-4)8-10-6-7-11(16)9-12(10)15/h6-7,9,13,17H,5,8H2,1-4H3. The van der Waals surface area contributed by atoms with Crippen LogP contribution in [0.2, 0.25) is 5.02 Å². The number of hydrogen-bond donors (Lipinski definition) is 1. The molecule has 0 aliphatic rings. The molecule has 0 spiro atoms. The van der Waals surface area contributed by atoms with Gasteiger partial charge in [-0.2, -0.15) is 0 Å². The zero-order chi connectivity index (χ0) is 13.8. The van der Waals surface area contributed by atoms with E-state index >= 15 is 0 Å². The molecule has 1 aromatic carbocycles. The fraction of sp³-hybridized carbons (Fsp3) is 0.571. The number of methoxy groups -OCH3 is 1. The molecular formula is C14H21ClFNO. The summed E-state index contributed by atoms with van der Waals surface area (Å²) in [6, 6.07) is 4.63. The molecule has 1 atom stereocenters. The van der Waals surface area contributed by atoms with E-state index in [4.69, 9.17) is 16.3 Å². The van der Waals surface area contributed by atoms with Gasteiger partial charge in [-0.15, -0.1) is 0 Å². The summed E-state index contributed by atoms with van der Waals surface area (Å²) in [5.41, 5.74) is 0.613. The third kappa shape index (κ3) is 3.94. The van der Waals surface area contributed by atoms with E-state index in [2.05, 4.69) is 5.32 Å². The molecular weight excluding hydrogens is 253 g/mol. The van der Waals surface area contributed by atoms with Gasteiger partial charge in [0, 0.05) is 18.2 Å². The monoisotopic (exact) mass is 273 g/mol.